The van der Waals surface area contributed by atoms with E-state index in [1.165, 1.54) is 18.4 Å². The van der Waals surface area contributed by atoms with Gasteiger partial charge in [0.15, 0.2) is 0 Å². The molecular formula is C19H25N5OS. The molecule has 0 aromatic carbocycles. The summed E-state index contributed by atoms with van der Waals surface area (Å²) >= 11 is 1.58. The first-order valence-electron chi connectivity index (χ1n) is 9.50. The number of amides is 1. The summed E-state index contributed by atoms with van der Waals surface area (Å²) in [5, 5.41) is 2.94. The molecule has 7 heteroatoms. The van der Waals surface area contributed by atoms with Crippen LogP contribution in [0.3, 0.4) is 0 Å². The number of nitrogens with zero attached hydrogens (tertiary/aromatic N) is 5. The summed E-state index contributed by atoms with van der Waals surface area (Å²) in [5.74, 6) is 1.91. The minimum atomic E-state index is 0.0215. The van der Waals surface area contributed by atoms with Crippen LogP contribution in [0.5, 0.6) is 0 Å². The third kappa shape index (κ3) is 3.32. The SMILES string of the molecule is CCCc1nc(C(=O)N2CCc3c(nc(C)nc3N3CCCC3)C2)cs1. The van der Waals surface area contributed by atoms with Crippen LogP contribution in [-0.4, -0.2) is 45.4 Å². The lowest BCUT2D eigenvalue weighted by molar-refractivity contribution is 0.0726. The van der Waals surface area contributed by atoms with Gasteiger partial charge in [-0.1, -0.05) is 6.92 Å². The van der Waals surface area contributed by atoms with E-state index in [1.807, 2.05) is 17.2 Å². The quantitative estimate of drug-likeness (QED) is 0.827. The standard InChI is InChI=1S/C19H25N5OS/c1-3-6-17-22-16(12-26-17)19(25)24-10-7-14-15(11-24)20-13(2)21-18(14)23-8-4-5-9-23/h12H,3-11H2,1-2H3. The van der Waals surface area contributed by atoms with E-state index in [4.69, 9.17) is 4.98 Å². The van der Waals surface area contributed by atoms with Gasteiger partial charge in [-0.05, 0) is 39.0 Å². The van der Waals surface area contributed by atoms with Crippen molar-refractivity contribution in [2.45, 2.75) is 52.5 Å². The molecule has 0 spiro atoms. The molecule has 138 valence electrons. The van der Waals surface area contributed by atoms with Crippen LogP contribution in [0.25, 0.3) is 0 Å². The summed E-state index contributed by atoms with van der Waals surface area (Å²) in [6.45, 7) is 7.48. The van der Waals surface area contributed by atoms with Gasteiger partial charge in [0.1, 0.15) is 17.3 Å². The molecule has 4 rings (SSSR count). The molecular weight excluding hydrogens is 346 g/mol. The Labute approximate surface area is 158 Å². The van der Waals surface area contributed by atoms with Crippen LogP contribution in [0.4, 0.5) is 5.82 Å². The van der Waals surface area contributed by atoms with Crippen LogP contribution in [0.2, 0.25) is 0 Å². The number of hydrogen-bond acceptors (Lipinski definition) is 6. The number of hydrogen-bond donors (Lipinski definition) is 0. The van der Waals surface area contributed by atoms with Crippen molar-refractivity contribution >= 4 is 23.1 Å². The van der Waals surface area contributed by atoms with Gasteiger partial charge in [-0.25, -0.2) is 15.0 Å². The molecule has 4 heterocycles. The number of carbonyl (C=O) groups is 1. The molecule has 0 aliphatic carbocycles. The zero-order chi connectivity index (χ0) is 18.1. The number of rotatable bonds is 4. The van der Waals surface area contributed by atoms with Crippen LogP contribution in [0.1, 0.15) is 58.8 Å². The van der Waals surface area contributed by atoms with E-state index in [2.05, 4.69) is 21.8 Å². The van der Waals surface area contributed by atoms with E-state index < -0.39 is 0 Å². The molecule has 0 N–H and O–H groups in total. The van der Waals surface area contributed by atoms with Gasteiger partial charge in [0, 0.05) is 30.6 Å². The maximum atomic E-state index is 12.9. The van der Waals surface area contributed by atoms with Crippen molar-refractivity contribution in [2.75, 3.05) is 24.5 Å². The van der Waals surface area contributed by atoms with Crippen LogP contribution >= 0.6 is 11.3 Å². The Bertz CT molecular complexity index is 812. The molecule has 0 bridgehead atoms. The highest BCUT2D eigenvalue weighted by Gasteiger charge is 2.29. The van der Waals surface area contributed by atoms with Crippen molar-refractivity contribution in [3.63, 3.8) is 0 Å². The van der Waals surface area contributed by atoms with Gasteiger partial charge >= 0.3 is 0 Å². The summed E-state index contributed by atoms with van der Waals surface area (Å²) in [5.41, 5.74) is 2.81. The molecule has 0 atom stereocenters. The summed E-state index contributed by atoms with van der Waals surface area (Å²) in [6.07, 6.45) is 5.26. The molecule has 0 saturated carbocycles. The van der Waals surface area contributed by atoms with Gasteiger partial charge in [-0.15, -0.1) is 11.3 Å². The molecule has 2 aromatic heterocycles. The zero-order valence-corrected chi connectivity index (χ0v) is 16.3. The maximum absolute atomic E-state index is 12.9. The highest BCUT2D eigenvalue weighted by Crippen LogP contribution is 2.29. The van der Waals surface area contributed by atoms with Gasteiger partial charge in [0.25, 0.3) is 5.91 Å². The van der Waals surface area contributed by atoms with E-state index >= 15 is 0 Å². The van der Waals surface area contributed by atoms with Gasteiger partial charge in [-0.2, -0.15) is 0 Å². The van der Waals surface area contributed by atoms with Crippen LogP contribution in [0, 0.1) is 6.92 Å². The maximum Gasteiger partial charge on any atom is 0.273 e. The Kier molecular flexibility index (Phi) is 4.89. The predicted octanol–water partition coefficient (Wildman–Crippen LogP) is 2.99. The van der Waals surface area contributed by atoms with Crippen molar-refractivity contribution in [1.29, 1.82) is 0 Å². The average molecular weight is 372 g/mol. The zero-order valence-electron chi connectivity index (χ0n) is 15.5. The topological polar surface area (TPSA) is 62.2 Å². The third-order valence-electron chi connectivity index (χ3n) is 5.08. The van der Waals surface area contributed by atoms with Crippen molar-refractivity contribution < 1.29 is 4.79 Å². The lowest BCUT2D eigenvalue weighted by atomic mass is 10.0. The first kappa shape index (κ1) is 17.4. The van der Waals surface area contributed by atoms with Crippen LogP contribution in [-0.2, 0) is 19.4 Å². The molecule has 1 amide bonds. The smallest absolute Gasteiger partial charge is 0.273 e. The van der Waals surface area contributed by atoms with E-state index in [-0.39, 0.29) is 5.91 Å². The number of thiazole rings is 1. The Balaban J connectivity index is 1.56. The minimum absolute atomic E-state index is 0.0215. The number of aryl methyl sites for hydroxylation is 2. The minimum Gasteiger partial charge on any atom is -0.356 e. The molecule has 1 saturated heterocycles. The fraction of sp³-hybridized carbons (Fsp3) is 0.579. The highest BCUT2D eigenvalue weighted by atomic mass is 32.1. The summed E-state index contributed by atoms with van der Waals surface area (Å²) in [7, 11) is 0. The molecule has 2 aliphatic rings. The summed E-state index contributed by atoms with van der Waals surface area (Å²) in [4.78, 5) is 31.0. The Morgan fingerprint density at radius 3 is 2.77 bits per heavy atom. The normalized spacial score (nSPS) is 16.8. The third-order valence-corrected chi connectivity index (χ3v) is 5.99. The highest BCUT2D eigenvalue weighted by molar-refractivity contribution is 7.09. The van der Waals surface area contributed by atoms with E-state index in [0.717, 1.165) is 54.7 Å². The van der Waals surface area contributed by atoms with E-state index in [0.29, 0.717) is 18.8 Å². The van der Waals surface area contributed by atoms with Crippen LogP contribution in [0.15, 0.2) is 5.38 Å². The van der Waals surface area contributed by atoms with Gasteiger partial charge in [0.05, 0.1) is 17.2 Å². The number of anilines is 1. The lowest BCUT2D eigenvalue weighted by Crippen LogP contribution is -2.38. The van der Waals surface area contributed by atoms with Gasteiger partial charge in [-0.3, -0.25) is 4.79 Å². The number of fused-ring (bicyclic) bond motifs is 1. The first-order chi connectivity index (χ1) is 12.7. The fourth-order valence-corrected chi connectivity index (χ4v) is 4.67. The lowest BCUT2D eigenvalue weighted by Gasteiger charge is -2.31. The second-order valence-electron chi connectivity index (χ2n) is 7.07. The van der Waals surface area contributed by atoms with E-state index in [9.17, 15) is 4.79 Å². The van der Waals surface area contributed by atoms with Crippen molar-refractivity contribution in [3.8, 4) is 0 Å². The fourth-order valence-electron chi connectivity index (χ4n) is 3.79. The molecule has 26 heavy (non-hydrogen) atoms. The first-order valence-corrected chi connectivity index (χ1v) is 10.4. The average Bonchev–Trinajstić information content (AvgIpc) is 3.32. The number of carbonyl (C=O) groups excluding carboxylic acids is 1. The molecule has 1 fully saturated rings. The monoisotopic (exact) mass is 371 g/mol. The second-order valence-corrected chi connectivity index (χ2v) is 8.01. The summed E-state index contributed by atoms with van der Waals surface area (Å²) < 4.78 is 0. The molecule has 2 aromatic rings. The second kappa shape index (κ2) is 7.31. The van der Waals surface area contributed by atoms with Crippen molar-refractivity contribution in [1.82, 2.24) is 19.9 Å². The predicted molar refractivity (Wildman–Crippen MR) is 103 cm³/mol. The van der Waals surface area contributed by atoms with E-state index in [1.54, 1.807) is 11.3 Å². The largest absolute Gasteiger partial charge is 0.356 e. The van der Waals surface area contributed by atoms with Crippen molar-refractivity contribution in [2.24, 2.45) is 0 Å². The molecule has 0 unspecified atom stereocenters. The Morgan fingerprint density at radius 1 is 1.19 bits per heavy atom. The Morgan fingerprint density at radius 2 is 2.00 bits per heavy atom. The van der Waals surface area contributed by atoms with Crippen molar-refractivity contribution in [3.05, 3.63) is 33.2 Å². The number of aromatic nitrogens is 3. The molecule has 2 aliphatic heterocycles. The van der Waals surface area contributed by atoms with Crippen LogP contribution < -0.4 is 4.90 Å². The van der Waals surface area contributed by atoms with Gasteiger partial charge < -0.3 is 9.80 Å². The Hall–Kier alpha value is -2.02. The summed E-state index contributed by atoms with van der Waals surface area (Å²) in [6, 6.07) is 0. The molecule has 6 nitrogen and oxygen atoms in total. The molecule has 0 radical (unpaired) electrons. The van der Waals surface area contributed by atoms with Gasteiger partial charge in [0.2, 0.25) is 0 Å².